The standard InChI is InChI=1S/C21H21FN2O2/c1-26-16-6-2-13(3-7-16)12-23-21(25)14-4-8-19-17(10-14)18-11-15(22)5-9-20(18)24-19/h2-3,5-7,9,11,14,24H,4,8,10,12H2,1H3,(H,23,25). The van der Waals surface area contributed by atoms with Crippen molar-refractivity contribution >= 4 is 16.8 Å². The number of aromatic amines is 1. The first kappa shape index (κ1) is 16.6. The number of H-pyrrole nitrogens is 1. The third-order valence-electron chi connectivity index (χ3n) is 5.15. The number of aryl methyl sites for hydroxylation is 1. The fourth-order valence-corrected chi connectivity index (χ4v) is 3.69. The van der Waals surface area contributed by atoms with Crippen molar-refractivity contribution in [2.75, 3.05) is 7.11 Å². The Balaban J connectivity index is 1.45. The molecule has 4 nitrogen and oxygen atoms in total. The fourth-order valence-electron chi connectivity index (χ4n) is 3.69. The van der Waals surface area contributed by atoms with E-state index in [0.717, 1.165) is 46.3 Å². The van der Waals surface area contributed by atoms with E-state index in [-0.39, 0.29) is 17.6 Å². The van der Waals surface area contributed by atoms with E-state index in [1.807, 2.05) is 24.3 Å². The van der Waals surface area contributed by atoms with E-state index in [1.54, 1.807) is 19.2 Å². The molecule has 1 unspecified atom stereocenters. The molecule has 1 aliphatic carbocycles. The first-order valence-electron chi connectivity index (χ1n) is 8.83. The van der Waals surface area contributed by atoms with Crippen LogP contribution < -0.4 is 10.1 Å². The minimum atomic E-state index is -0.245. The number of carbonyl (C=O) groups is 1. The van der Waals surface area contributed by atoms with Crippen LogP contribution in [0.15, 0.2) is 42.5 Å². The van der Waals surface area contributed by atoms with Crippen LogP contribution in [0.5, 0.6) is 5.75 Å². The molecule has 0 saturated carbocycles. The molecule has 2 N–H and O–H groups in total. The normalized spacial score (nSPS) is 16.3. The summed E-state index contributed by atoms with van der Waals surface area (Å²) in [4.78, 5) is 16.0. The molecule has 5 heteroatoms. The summed E-state index contributed by atoms with van der Waals surface area (Å²) in [6.45, 7) is 0.495. The molecule has 1 aromatic heterocycles. The number of nitrogens with one attached hydrogen (secondary N) is 2. The van der Waals surface area contributed by atoms with Crippen molar-refractivity contribution in [1.29, 1.82) is 0 Å². The molecule has 0 saturated heterocycles. The van der Waals surface area contributed by atoms with Gasteiger partial charge in [0.1, 0.15) is 11.6 Å². The van der Waals surface area contributed by atoms with E-state index in [9.17, 15) is 9.18 Å². The number of hydrogen-bond acceptors (Lipinski definition) is 2. The maximum atomic E-state index is 13.6. The van der Waals surface area contributed by atoms with E-state index in [1.165, 1.54) is 6.07 Å². The van der Waals surface area contributed by atoms with Crippen molar-refractivity contribution in [3.63, 3.8) is 0 Å². The van der Waals surface area contributed by atoms with Gasteiger partial charge in [-0.25, -0.2) is 4.39 Å². The molecule has 0 aliphatic heterocycles. The van der Waals surface area contributed by atoms with Gasteiger partial charge in [0, 0.05) is 29.1 Å². The van der Waals surface area contributed by atoms with Crippen molar-refractivity contribution < 1.29 is 13.9 Å². The van der Waals surface area contributed by atoms with E-state index < -0.39 is 0 Å². The number of aromatic nitrogens is 1. The molecule has 4 rings (SSSR count). The number of rotatable bonds is 4. The van der Waals surface area contributed by atoms with Gasteiger partial charge in [-0.05, 0) is 60.7 Å². The molecule has 1 heterocycles. The molecule has 1 atom stereocenters. The van der Waals surface area contributed by atoms with Crippen molar-refractivity contribution in [2.24, 2.45) is 5.92 Å². The van der Waals surface area contributed by atoms with Gasteiger partial charge < -0.3 is 15.0 Å². The smallest absolute Gasteiger partial charge is 0.223 e. The Labute approximate surface area is 151 Å². The van der Waals surface area contributed by atoms with E-state index >= 15 is 0 Å². The Hall–Kier alpha value is -2.82. The highest BCUT2D eigenvalue weighted by atomic mass is 19.1. The van der Waals surface area contributed by atoms with Crippen LogP contribution in [0, 0.1) is 11.7 Å². The molecule has 0 fully saturated rings. The Kier molecular flexibility index (Phi) is 4.37. The predicted octanol–water partition coefficient (Wildman–Crippen LogP) is 3.74. The molecule has 0 spiro atoms. The molecule has 1 aliphatic rings. The van der Waals surface area contributed by atoms with Crippen LogP contribution in [0.25, 0.3) is 10.9 Å². The van der Waals surface area contributed by atoms with Crippen LogP contribution in [0.1, 0.15) is 23.2 Å². The topological polar surface area (TPSA) is 54.1 Å². The van der Waals surface area contributed by atoms with Crippen molar-refractivity contribution in [3.8, 4) is 5.75 Å². The van der Waals surface area contributed by atoms with Crippen LogP contribution in [0.2, 0.25) is 0 Å². The number of methoxy groups -OCH3 is 1. The number of amides is 1. The predicted molar refractivity (Wildman–Crippen MR) is 98.6 cm³/mol. The van der Waals surface area contributed by atoms with Gasteiger partial charge in [0.2, 0.25) is 5.91 Å². The molecular weight excluding hydrogens is 331 g/mol. The van der Waals surface area contributed by atoms with Crippen LogP contribution in [-0.4, -0.2) is 18.0 Å². The summed E-state index contributed by atoms with van der Waals surface area (Å²) in [5, 5.41) is 3.92. The number of ether oxygens (including phenoxy) is 1. The van der Waals surface area contributed by atoms with Crippen molar-refractivity contribution in [3.05, 3.63) is 65.1 Å². The van der Waals surface area contributed by atoms with E-state index in [4.69, 9.17) is 4.74 Å². The molecule has 134 valence electrons. The van der Waals surface area contributed by atoms with Gasteiger partial charge in [-0.1, -0.05) is 12.1 Å². The lowest BCUT2D eigenvalue weighted by Gasteiger charge is -2.22. The lowest BCUT2D eigenvalue weighted by atomic mass is 9.86. The van der Waals surface area contributed by atoms with Crippen molar-refractivity contribution in [2.45, 2.75) is 25.8 Å². The maximum Gasteiger partial charge on any atom is 0.223 e. The quantitative estimate of drug-likeness (QED) is 0.752. The molecule has 0 radical (unpaired) electrons. The summed E-state index contributed by atoms with van der Waals surface area (Å²) in [5.41, 5.74) is 4.18. The second kappa shape index (κ2) is 6.83. The summed E-state index contributed by atoms with van der Waals surface area (Å²) in [5.74, 6) is 0.525. The summed E-state index contributed by atoms with van der Waals surface area (Å²) in [6.07, 6.45) is 2.26. The van der Waals surface area contributed by atoms with Gasteiger partial charge in [0.05, 0.1) is 7.11 Å². The second-order valence-electron chi connectivity index (χ2n) is 6.78. The highest BCUT2D eigenvalue weighted by molar-refractivity contribution is 5.87. The zero-order chi connectivity index (χ0) is 18.1. The van der Waals surface area contributed by atoms with E-state index in [0.29, 0.717) is 13.0 Å². The van der Waals surface area contributed by atoms with Gasteiger partial charge >= 0.3 is 0 Å². The second-order valence-corrected chi connectivity index (χ2v) is 6.78. The lowest BCUT2D eigenvalue weighted by molar-refractivity contribution is -0.125. The van der Waals surface area contributed by atoms with Crippen molar-refractivity contribution in [1.82, 2.24) is 10.3 Å². The van der Waals surface area contributed by atoms with Gasteiger partial charge in [-0.15, -0.1) is 0 Å². The zero-order valence-corrected chi connectivity index (χ0v) is 14.6. The summed E-state index contributed by atoms with van der Waals surface area (Å²) in [7, 11) is 1.63. The number of fused-ring (bicyclic) bond motifs is 3. The first-order chi connectivity index (χ1) is 12.6. The summed E-state index contributed by atoms with van der Waals surface area (Å²) < 4.78 is 18.7. The van der Waals surface area contributed by atoms with Crippen LogP contribution in [-0.2, 0) is 24.2 Å². The number of benzene rings is 2. The fraction of sp³-hybridized carbons (Fsp3) is 0.286. The zero-order valence-electron chi connectivity index (χ0n) is 14.6. The van der Waals surface area contributed by atoms with Gasteiger partial charge in [0.25, 0.3) is 0 Å². The molecule has 0 bridgehead atoms. The monoisotopic (exact) mass is 352 g/mol. The average molecular weight is 352 g/mol. The Morgan fingerprint density at radius 1 is 1.27 bits per heavy atom. The van der Waals surface area contributed by atoms with Gasteiger partial charge in [-0.3, -0.25) is 4.79 Å². The molecule has 26 heavy (non-hydrogen) atoms. The number of hydrogen-bond donors (Lipinski definition) is 2. The number of carbonyl (C=O) groups excluding carboxylic acids is 1. The SMILES string of the molecule is COc1ccc(CNC(=O)C2CCc3[nH]c4ccc(F)cc4c3C2)cc1. The highest BCUT2D eigenvalue weighted by Gasteiger charge is 2.27. The largest absolute Gasteiger partial charge is 0.497 e. The third-order valence-corrected chi connectivity index (χ3v) is 5.15. The van der Waals surface area contributed by atoms with Crippen LogP contribution >= 0.6 is 0 Å². The highest BCUT2D eigenvalue weighted by Crippen LogP contribution is 2.32. The minimum absolute atomic E-state index is 0.0530. The Bertz CT molecular complexity index is 947. The summed E-state index contributed by atoms with van der Waals surface area (Å²) in [6, 6.07) is 12.4. The van der Waals surface area contributed by atoms with Gasteiger partial charge in [0.15, 0.2) is 0 Å². The number of halogens is 1. The van der Waals surface area contributed by atoms with Gasteiger partial charge in [-0.2, -0.15) is 0 Å². The molecule has 3 aromatic rings. The average Bonchev–Trinajstić information content (AvgIpc) is 3.03. The summed E-state index contributed by atoms with van der Waals surface area (Å²) >= 11 is 0. The molecular formula is C21H21FN2O2. The molecule has 1 amide bonds. The van der Waals surface area contributed by atoms with Crippen LogP contribution in [0.4, 0.5) is 4.39 Å². The molecule has 2 aromatic carbocycles. The first-order valence-corrected chi connectivity index (χ1v) is 8.83. The third kappa shape index (κ3) is 3.17. The lowest BCUT2D eigenvalue weighted by Crippen LogP contribution is -2.33. The Morgan fingerprint density at radius 3 is 2.85 bits per heavy atom. The Morgan fingerprint density at radius 2 is 2.08 bits per heavy atom. The minimum Gasteiger partial charge on any atom is -0.497 e. The maximum absolute atomic E-state index is 13.6. The van der Waals surface area contributed by atoms with E-state index in [2.05, 4.69) is 10.3 Å². The van der Waals surface area contributed by atoms with Crippen LogP contribution in [0.3, 0.4) is 0 Å².